The normalized spacial score (nSPS) is 19.7. The maximum atomic E-state index is 11.4. The van der Waals surface area contributed by atoms with Gasteiger partial charge in [-0.1, -0.05) is 34.1 Å². The van der Waals surface area contributed by atoms with E-state index in [1.807, 2.05) is 11.9 Å². The summed E-state index contributed by atoms with van der Waals surface area (Å²) in [7, 11) is 1.82. The predicted octanol–water partition coefficient (Wildman–Crippen LogP) is 1.81. The van der Waals surface area contributed by atoms with Crippen molar-refractivity contribution in [2.75, 3.05) is 52.9 Å². The monoisotopic (exact) mass is 435 g/mol. The van der Waals surface area contributed by atoms with Crippen LogP contribution in [0.4, 0.5) is 0 Å². The predicted molar refractivity (Wildman–Crippen MR) is 113 cm³/mol. The van der Waals surface area contributed by atoms with Gasteiger partial charge in [0.15, 0.2) is 5.96 Å². The van der Waals surface area contributed by atoms with Crippen LogP contribution in [0.15, 0.2) is 33.7 Å². The molecule has 1 aromatic rings. The molecule has 0 bridgehead atoms. The van der Waals surface area contributed by atoms with Gasteiger partial charge >= 0.3 is 0 Å². The van der Waals surface area contributed by atoms with Gasteiger partial charge in [0.2, 0.25) is 5.91 Å². The number of guanidine groups is 1. The average Bonchev–Trinajstić information content (AvgIpc) is 3.46. The summed E-state index contributed by atoms with van der Waals surface area (Å²) in [5.41, 5.74) is 1.61. The number of halogens is 1. The van der Waals surface area contributed by atoms with Crippen molar-refractivity contribution in [3.05, 3.63) is 34.3 Å². The fraction of sp³-hybridized carbons (Fsp3) is 0.600. The second-order valence-corrected chi connectivity index (χ2v) is 8.31. The van der Waals surface area contributed by atoms with Crippen LogP contribution in [-0.2, 0) is 10.2 Å². The minimum atomic E-state index is 0.177. The standard InChI is InChI=1S/C20H30BrN5O/c1-16(27)26-13-11-25(12-14-26)10-9-23-19(22-2)24-15-20(7-8-20)17-5-3-4-6-18(17)21/h3-6H,7-15H2,1-2H3,(H2,22,23,24). The van der Waals surface area contributed by atoms with E-state index in [-0.39, 0.29) is 11.3 Å². The number of amides is 1. The summed E-state index contributed by atoms with van der Waals surface area (Å²) >= 11 is 3.69. The third-order valence-electron chi connectivity index (χ3n) is 5.65. The SMILES string of the molecule is CN=C(NCCN1CCN(C(C)=O)CC1)NCC1(c2ccccc2Br)CC1. The zero-order valence-electron chi connectivity index (χ0n) is 16.3. The van der Waals surface area contributed by atoms with E-state index in [2.05, 4.69) is 60.7 Å². The molecule has 0 unspecified atom stereocenters. The summed E-state index contributed by atoms with van der Waals surface area (Å²) in [4.78, 5) is 20.1. The number of hydrogen-bond donors (Lipinski definition) is 2. The zero-order valence-corrected chi connectivity index (χ0v) is 17.9. The Morgan fingerprint density at radius 1 is 1.19 bits per heavy atom. The lowest BCUT2D eigenvalue weighted by molar-refractivity contribution is -0.130. The van der Waals surface area contributed by atoms with Crippen LogP contribution < -0.4 is 10.6 Å². The van der Waals surface area contributed by atoms with Gasteiger partial charge in [-0.05, 0) is 24.5 Å². The van der Waals surface area contributed by atoms with Gasteiger partial charge in [-0.15, -0.1) is 0 Å². The van der Waals surface area contributed by atoms with E-state index in [4.69, 9.17) is 0 Å². The number of rotatable bonds is 6. The quantitative estimate of drug-likeness (QED) is 0.528. The number of piperazine rings is 1. The molecule has 6 nitrogen and oxygen atoms in total. The molecule has 1 aromatic carbocycles. The molecule has 2 aliphatic rings. The summed E-state index contributed by atoms with van der Waals surface area (Å²) in [5.74, 6) is 1.03. The number of nitrogens with one attached hydrogen (secondary N) is 2. The first-order chi connectivity index (χ1) is 13.0. The van der Waals surface area contributed by atoms with Crippen molar-refractivity contribution in [1.29, 1.82) is 0 Å². The van der Waals surface area contributed by atoms with Crippen molar-refractivity contribution in [1.82, 2.24) is 20.4 Å². The van der Waals surface area contributed by atoms with Gasteiger partial charge in [0.25, 0.3) is 0 Å². The van der Waals surface area contributed by atoms with E-state index < -0.39 is 0 Å². The molecule has 1 heterocycles. The molecule has 27 heavy (non-hydrogen) atoms. The lowest BCUT2D eigenvalue weighted by Crippen LogP contribution is -2.50. The Morgan fingerprint density at radius 2 is 1.89 bits per heavy atom. The molecule has 148 valence electrons. The Balaban J connectivity index is 1.40. The van der Waals surface area contributed by atoms with Crippen LogP contribution >= 0.6 is 15.9 Å². The summed E-state index contributed by atoms with van der Waals surface area (Å²) in [5, 5.41) is 6.93. The lowest BCUT2D eigenvalue weighted by atomic mass is 9.96. The van der Waals surface area contributed by atoms with Crippen molar-refractivity contribution in [3.8, 4) is 0 Å². The summed E-state index contributed by atoms with van der Waals surface area (Å²) in [6.45, 7) is 7.90. The molecule has 0 aromatic heterocycles. The minimum absolute atomic E-state index is 0.177. The molecule has 1 aliphatic carbocycles. The van der Waals surface area contributed by atoms with Crippen LogP contribution in [0.5, 0.6) is 0 Å². The highest BCUT2D eigenvalue weighted by Crippen LogP contribution is 2.49. The maximum absolute atomic E-state index is 11.4. The van der Waals surface area contributed by atoms with Gasteiger partial charge in [-0.2, -0.15) is 0 Å². The molecule has 1 saturated carbocycles. The number of hydrogen-bond acceptors (Lipinski definition) is 3. The molecule has 1 amide bonds. The van der Waals surface area contributed by atoms with Crippen LogP contribution in [0.25, 0.3) is 0 Å². The number of nitrogens with zero attached hydrogens (tertiary/aromatic N) is 3. The Hall–Kier alpha value is -1.60. The zero-order chi connectivity index (χ0) is 19.3. The molecule has 1 aliphatic heterocycles. The number of carbonyl (C=O) groups is 1. The van der Waals surface area contributed by atoms with E-state index >= 15 is 0 Å². The molecule has 0 radical (unpaired) electrons. The first-order valence-electron chi connectivity index (χ1n) is 9.71. The van der Waals surface area contributed by atoms with Crippen molar-refractivity contribution < 1.29 is 4.79 Å². The third kappa shape index (κ3) is 5.23. The molecule has 2 N–H and O–H groups in total. The first kappa shape index (κ1) is 20.1. The topological polar surface area (TPSA) is 60.0 Å². The largest absolute Gasteiger partial charge is 0.356 e. The Labute approximate surface area is 170 Å². The highest BCUT2D eigenvalue weighted by molar-refractivity contribution is 9.10. The van der Waals surface area contributed by atoms with Crippen molar-refractivity contribution in [3.63, 3.8) is 0 Å². The average molecular weight is 436 g/mol. The molecule has 0 atom stereocenters. The Morgan fingerprint density at radius 3 is 2.48 bits per heavy atom. The second kappa shape index (κ2) is 9.06. The van der Waals surface area contributed by atoms with Crippen LogP contribution in [0, 0.1) is 0 Å². The van der Waals surface area contributed by atoms with Crippen LogP contribution in [0.3, 0.4) is 0 Å². The summed E-state index contributed by atoms with van der Waals surface area (Å²) < 4.78 is 1.19. The van der Waals surface area contributed by atoms with Gasteiger partial charge in [-0.25, -0.2) is 0 Å². The van der Waals surface area contributed by atoms with Gasteiger partial charge in [0, 0.05) is 69.7 Å². The fourth-order valence-electron chi connectivity index (χ4n) is 3.68. The van der Waals surface area contributed by atoms with Crippen LogP contribution in [0.1, 0.15) is 25.3 Å². The van der Waals surface area contributed by atoms with E-state index in [1.54, 1.807) is 6.92 Å². The number of carbonyl (C=O) groups excluding carboxylic acids is 1. The van der Waals surface area contributed by atoms with Crippen molar-refractivity contribution >= 4 is 27.8 Å². The fourth-order valence-corrected chi connectivity index (χ4v) is 4.38. The summed E-state index contributed by atoms with van der Waals surface area (Å²) in [6, 6.07) is 8.51. The van der Waals surface area contributed by atoms with Gasteiger partial charge in [0.05, 0.1) is 0 Å². The Kier molecular flexibility index (Phi) is 6.76. The van der Waals surface area contributed by atoms with Gasteiger partial charge in [0.1, 0.15) is 0 Å². The van der Waals surface area contributed by atoms with Crippen LogP contribution in [0.2, 0.25) is 0 Å². The maximum Gasteiger partial charge on any atom is 0.219 e. The number of benzene rings is 1. The lowest BCUT2D eigenvalue weighted by Gasteiger charge is -2.34. The third-order valence-corrected chi connectivity index (χ3v) is 6.35. The van der Waals surface area contributed by atoms with E-state index in [0.29, 0.717) is 0 Å². The van der Waals surface area contributed by atoms with Crippen molar-refractivity contribution in [2.45, 2.75) is 25.2 Å². The second-order valence-electron chi connectivity index (χ2n) is 7.46. The molecule has 0 spiro atoms. The molecule has 3 rings (SSSR count). The molecular formula is C20H30BrN5O. The highest BCUT2D eigenvalue weighted by Gasteiger charge is 2.45. The van der Waals surface area contributed by atoms with E-state index in [0.717, 1.165) is 51.8 Å². The molecule has 2 fully saturated rings. The smallest absolute Gasteiger partial charge is 0.219 e. The van der Waals surface area contributed by atoms with E-state index in [1.165, 1.54) is 22.9 Å². The molecule has 1 saturated heterocycles. The Bertz CT molecular complexity index is 681. The minimum Gasteiger partial charge on any atom is -0.356 e. The number of aliphatic imine (C=N–C) groups is 1. The highest BCUT2D eigenvalue weighted by atomic mass is 79.9. The summed E-state index contributed by atoms with van der Waals surface area (Å²) in [6.07, 6.45) is 2.42. The first-order valence-corrected chi connectivity index (χ1v) is 10.5. The van der Waals surface area contributed by atoms with Gasteiger partial charge < -0.3 is 15.5 Å². The van der Waals surface area contributed by atoms with E-state index in [9.17, 15) is 4.79 Å². The van der Waals surface area contributed by atoms with Crippen LogP contribution in [-0.4, -0.2) is 74.5 Å². The molecular weight excluding hydrogens is 406 g/mol. The molecule has 7 heteroatoms. The van der Waals surface area contributed by atoms with Gasteiger partial charge in [-0.3, -0.25) is 14.7 Å². The van der Waals surface area contributed by atoms with Crippen molar-refractivity contribution in [2.24, 2.45) is 4.99 Å².